The molecule has 0 fully saturated rings. The molecule has 0 N–H and O–H groups in total. The summed E-state index contributed by atoms with van der Waals surface area (Å²) in [6.45, 7) is 6.20. The molecule has 0 aliphatic carbocycles. The Morgan fingerprint density at radius 1 is 1.03 bits per heavy atom. The van der Waals surface area contributed by atoms with Crippen LogP contribution in [0.2, 0.25) is 0 Å². The first kappa shape index (κ1) is 25.7. The van der Waals surface area contributed by atoms with Gasteiger partial charge in [-0.15, -0.1) is 0 Å². The Morgan fingerprint density at radius 2 is 1.69 bits per heavy atom. The molecule has 0 saturated carbocycles. The number of amides is 1. The number of benzene rings is 2. The van der Waals surface area contributed by atoms with Crippen LogP contribution in [0.4, 0.5) is 13.2 Å². The second-order valence-corrected chi connectivity index (χ2v) is 9.73. The Bertz CT molecular complexity index is 1050. The van der Waals surface area contributed by atoms with Crippen LogP contribution in [0.25, 0.3) is 0 Å². The molecule has 0 atom stereocenters. The number of carbonyl (C=O) groups is 1. The minimum atomic E-state index is -4.68. The van der Waals surface area contributed by atoms with Crippen LogP contribution in [0, 0.1) is 5.41 Å². The molecule has 176 valence electrons. The monoisotopic (exact) mass is 473 g/mol. The molecule has 10 heteroatoms. The number of hydrogen-bond donors (Lipinski definition) is 0. The number of halogens is 3. The molecule has 0 bridgehead atoms. The molecule has 6 nitrogen and oxygen atoms in total. The van der Waals surface area contributed by atoms with Crippen LogP contribution in [-0.2, 0) is 32.4 Å². The van der Waals surface area contributed by atoms with E-state index in [1.807, 2.05) is 0 Å². The SMILES string of the molecule is COCCN(Cc1cccc(OS(=O)(=O)c2cccc(C(F)(F)F)c2)c1)C(=O)C(C)(C)C. The fourth-order valence-electron chi connectivity index (χ4n) is 2.85. The maximum absolute atomic E-state index is 12.9. The van der Waals surface area contributed by atoms with Gasteiger partial charge in [-0.1, -0.05) is 39.0 Å². The molecule has 2 aromatic rings. The summed E-state index contributed by atoms with van der Waals surface area (Å²) in [6.07, 6.45) is -4.68. The Balaban J connectivity index is 2.26. The van der Waals surface area contributed by atoms with Crippen molar-refractivity contribution in [3.63, 3.8) is 0 Å². The van der Waals surface area contributed by atoms with E-state index in [-0.39, 0.29) is 18.2 Å². The van der Waals surface area contributed by atoms with Gasteiger partial charge in [0.15, 0.2) is 0 Å². The minimum Gasteiger partial charge on any atom is -0.383 e. The van der Waals surface area contributed by atoms with Crippen LogP contribution in [0.3, 0.4) is 0 Å². The molecule has 2 rings (SSSR count). The highest BCUT2D eigenvalue weighted by molar-refractivity contribution is 7.87. The highest BCUT2D eigenvalue weighted by Crippen LogP contribution is 2.31. The van der Waals surface area contributed by atoms with Gasteiger partial charge in [0, 0.05) is 25.6 Å². The van der Waals surface area contributed by atoms with Gasteiger partial charge in [0.1, 0.15) is 10.6 Å². The summed E-state index contributed by atoms with van der Waals surface area (Å²) >= 11 is 0. The highest BCUT2D eigenvalue weighted by Gasteiger charge is 2.32. The van der Waals surface area contributed by atoms with Gasteiger partial charge in [0.2, 0.25) is 5.91 Å². The molecule has 0 aliphatic rings. The summed E-state index contributed by atoms with van der Waals surface area (Å²) in [5.74, 6) is -0.188. The zero-order chi connectivity index (χ0) is 24.2. The number of nitrogens with zero attached hydrogens (tertiary/aromatic N) is 1. The average molecular weight is 474 g/mol. The van der Waals surface area contributed by atoms with Crippen molar-refractivity contribution in [1.29, 1.82) is 0 Å². The molecule has 0 radical (unpaired) electrons. The lowest BCUT2D eigenvalue weighted by Crippen LogP contribution is -2.40. The van der Waals surface area contributed by atoms with Crippen LogP contribution in [-0.4, -0.2) is 39.5 Å². The summed E-state index contributed by atoms with van der Waals surface area (Å²) in [5.41, 5.74) is -1.13. The molecule has 32 heavy (non-hydrogen) atoms. The number of rotatable bonds is 8. The Kier molecular flexibility index (Phi) is 7.95. The summed E-state index contributed by atoms with van der Waals surface area (Å²) in [5, 5.41) is 0. The number of methoxy groups -OCH3 is 1. The Hall–Kier alpha value is -2.59. The Morgan fingerprint density at radius 3 is 2.28 bits per heavy atom. The topological polar surface area (TPSA) is 72.9 Å². The van der Waals surface area contributed by atoms with E-state index >= 15 is 0 Å². The van der Waals surface area contributed by atoms with Crippen molar-refractivity contribution < 1.29 is 35.3 Å². The van der Waals surface area contributed by atoms with Crippen LogP contribution in [0.1, 0.15) is 31.9 Å². The first-order chi connectivity index (χ1) is 14.7. The summed E-state index contributed by atoms with van der Waals surface area (Å²) in [7, 11) is -2.97. The molecule has 0 heterocycles. The van der Waals surface area contributed by atoms with Crippen LogP contribution >= 0.6 is 0 Å². The summed E-state index contributed by atoms with van der Waals surface area (Å²) in [4.78, 5) is 13.7. The number of alkyl halides is 3. The molecule has 2 aromatic carbocycles. The predicted octanol–water partition coefficient (Wildman–Crippen LogP) is 4.49. The first-order valence-corrected chi connectivity index (χ1v) is 11.1. The molecular formula is C22H26F3NO5S. The highest BCUT2D eigenvalue weighted by atomic mass is 32.2. The third kappa shape index (κ3) is 6.96. The van der Waals surface area contributed by atoms with Crippen molar-refractivity contribution in [2.24, 2.45) is 5.41 Å². The first-order valence-electron chi connectivity index (χ1n) is 9.73. The van der Waals surface area contributed by atoms with E-state index in [4.69, 9.17) is 8.92 Å². The molecule has 0 spiro atoms. The lowest BCUT2D eigenvalue weighted by molar-refractivity contribution is -0.140. The minimum absolute atomic E-state index is 0.0742. The molecular weight excluding hydrogens is 447 g/mol. The van der Waals surface area contributed by atoms with E-state index in [1.54, 1.807) is 37.8 Å². The van der Waals surface area contributed by atoms with Gasteiger partial charge in [-0.3, -0.25) is 4.79 Å². The molecule has 0 aromatic heterocycles. The fraction of sp³-hybridized carbons (Fsp3) is 0.409. The lowest BCUT2D eigenvalue weighted by Gasteiger charge is -2.29. The van der Waals surface area contributed by atoms with Gasteiger partial charge in [-0.25, -0.2) is 0 Å². The average Bonchev–Trinajstić information content (AvgIpc) is 2.69. The summed E-state index contributed by atoms with van der Waals surface area (Å²) in [6, 6.07) is 9.38. The van der Waals surface area contributed by atoms with Gasteiger partial charge in [0.25, 0.3) is 0 Å². The van der Waals surface area contributed by atoms with E-state index in [0.717, 1.165) is 18.2 Å². The van der Waals surface area contributed by atoms with Crippen LogP contribution in [0.15, 0.2) is 53.4 Å². The zero-order valence-corrected chi connectivity index (χ0v) is 19.1. The maximum Gasteiger partial charge on any atom is 0.416 e. The fourth-order valence-corrected chi connectivity index (χ4v) is 3.82. The van der Waals surface area contributed by atoms with Gasteiger partial charge < -0.3 is 13.8 Å². The molecule has 0 unspecified atom stereocenters. The second-order valence-electron chi connectivity index (χ2n) is 8.18. The van der Waals surface area contributed by atoms with Crippen molar-refractivity contribution in [1.82, 2.24) is 4.90 Å². The van der Waals surface area contributed by atoms with E-state index in [1.165, 1.54) is 19.2 Å². The van der Waals surface area contributed by atoms with Crippen molar-refractivity contribution >= 4 is 16.0 Å². The third-order valence-corrected chi connectivity index (χ3v) is 5.67. The van der Waals surface area contributed by atoms with Crippen molar-refractivity contribution in [3.05, 3.63) is 59.7 Å². The van der Waals surface area contributed by atoms with Crippen LogP contribution in [0.5, 0.6) is 5.75 Å². The maximum atomic E-state index is 12.9. The lowest BCUT2D eigenvalue weighted by atomic mass is 9.94. The largest absolute Gasteiger partial charge is 0.416 e. The number of hydrogen-bond acceptors (Lipinski definition) is 5. The Labute approximate surface area is 186 Å². The van der Waals surface area contributed by atoms with Crippen molar-refractivity contribution in [2.45, 2.75) is 38.4 Å². The van der Waals surface area contributed by atoms with Gasteiger partial charge in [-0.2, -0.15) is 21.6 Å². The van der Waals surface area contributed by atoms with Crippen molar-refractivity contribution in [3.8, 4) is 5.75 Å². The van der Waals surface area contributed by atoms with E-state index in [0.29, 0.717) is 24.8 Å². The van der Waals surface area contributed by atoms with Crippen molar-refractivity contribution in [2.75, 3.05) is 20.3 Å². The molecule has 0 aliphatic heterocycles. The third-order valence-electron chi connectivity index (χ3n) is 4.42. The predicted molar refractivity (Wildman–Crippen MR) is 112 cm³/mol. The standard InChI is InChI=1S/C22H26F3NO5S/c1-21(2,3)20(27)26(11-12-30-4)15-16-7-5-9-18(13-16)31-32(28,29)19-10-6-8-17(14-19)22(23,24)25/h5-10,13-14H,11-12,15H2,1-4H3. The molecule has 0 saturated heterocycles. The quantitative estimate of drug-likeness (QED) is 0.528. The number of carbonyl (C=O) groups excluding carboxylic acids is 1. The second kappa shape index (κ2) is 9.91. The van der Waals surface area contributed by atoms with E-state index in [2.05, 4.69) is 0 Å². The smallest absolute Gasteiger partial charge is 0.383 e. The number of ether oxygens (including phenoxy) is 1. The normalized spacial score (nSPS) is 12.5. The molecule has 1 amide bonds. The zero-order valence-electron chi connectivity index (χ0n) is 18.3. The summed E-state index contributed by atoms with van der Waals surface area (Å²) < 4.78 is 73.9. The van der Waals surface area contributed by atoms with Gasteiger partial charge in [-0.05, 0) is 35.9 Å². The van der Waals surface area contributed by atoms with Gasteiger partial charge >= 0.3 is 16.3 Å². The van der Waals surface area contributed by atoms with E-state index in [9.17, 15) is 26.4 Å². The van der Waals surface area contributed by atoms with Gasteiger partial charge in [0.05, 0.1) is 12.2 Å². The van der Waals surface area contributed by atoms with Crippen LogP contribution < -0.4 is 4.18 Å². The van der Waals surface area contributed by atoms with E-state index < -0.39 is 32.2 Å².